The molecule has 1 N–H and O–H groups in total. The molecule has 1 aromatic rings. The Labute approximate surface area is 95.5 Å². The van der Waals surface area contributed by atoms with Crippen molar-refractivity contribution in [2.75, 3.05) is 0 Å². The number of carboxylic acids is 1. The summed E-state index contributed by atoms with van der Waals surface area (Å²) in [5.41, 5.74) is 1.14. The minimum atomic E-state index is -0.913. The van der Waals surface area contributed by atoms with Gasteiger partial charge in [0.15, 0.2) is 0 Å². The first-order valence-electron chi connectivity index (χ1n) is 4.51. The highest BCUT2D eigenvalue weighted by Crippen LogP contribution is 2.20. The second-order valence-electron chi connectivity index (χ2n) is 3.45. The van der Waals surface area contributed by atoms with Crippen LogP contribution in [0.15, 0.2) is 18.2 Å². The number of hydrogen-bond donors (Lipinski definition) is 1. The zero-order valence-corrected chi connectivity index (χ0v) is 9.80. The lowest BCUT2D eigenvalue weighted by atomic mass is 10.1. The molecule has 0 fully saturated rings. The molecule has 84 valence electrons. The molecule has 0 spiro atoms. The summed E-state index contributed by atoms with van der Waals surface area (Å²) in [6, 6.07) is 4.85. The molecule has 0 radical (unpaired) electrons. The first-order valence-corrected chi connectivity index (χ1v) is 4.51. The Morgan fingerprint density at radius 1 is 1.40 bits per heavy atom. The molecule has 0 aromatic heterocycles. The molecule has 3 nitrogen and oxygen atoms in total. The maximum absolute atomic E-state index is 10.6. The van der Waals surface area contributed by atoms with Gasteiger partial charge in [-0.05, 0) is 44.5 Å². The summed E-state index contributed by atoms with van der Waals surface area (Å²) in [5.74, 6) is -0.172. The molecule has 0 bridgehead atoms. The molecule has 1 aromatic carbocycles. The van der Waals surface area contributed by atoms with Crippen LogP contribution in [-0.4, -0.2) is 17.2 Å². The molecule has 0 aliphatic rings. The van der Waals surface area contributed by atoms with Gasteiger partial charge in [-0.25, -0.2) is 4.79 Å². The lowest BCUT2D eigenvalue weighted by molar-refractivity contribution is 0.0696. The van der Waals surface area contributed by atoms with Crippen molar-refractivity contribution in [3.05, 3.63) is 29.3 Å². The normalized spacial score (nSPS) is 9.60. The minimum absolute atomic E-state index is 0. The van der Waals surface area contributed by atoms with Gasteiger partial charge in [-0.2, -0.15) is 0 Å². The van der Waals surface area contributed by atoms with Crippen LogP contribution in [0.5, 0.6) is 5.75 Å². The van der Waals surface area contributed by atoms with Crippen molar-refractivity contribution in [1.29, 1.82) is 0 Å². The SMILES string of the molecule is Cc1cc(C(=O)O)ccc1OC(C)C.Cl. The van der Waals surface area contributed by atoms with E-state index < -0.39 is 5.97 Å². The monoisotopic (exact) mass is 230 g/mol. The molecule has 0 amide bonds. The third-order valence-corrected chi connectivity index (χ3v) is 1.78. The zero-order valence-electron chi connectivity index (χ0n) is 8.98. The zero-order chi connectivity index (χ0) is 10.7. The van der Waals surface area contributed by atoms with Crippen LogP contribution in [0.2, 0.25) is 0 Å². The molecule has 0 saturated heterocycles. The Morgan fingerprint density at radius 3 is 2.40 bits per heavy atom. The maximum atomic E-state index is 10.6. The van der Waals surface area contributed by atoms with Crippen molar-refractivity contribution in [3.8, 4) is 5.75 Å². The van der Waals surface area contributed by atoms with Crippen LogP contribution in [-0.2, 0) is 0 Å². The van der Waals surface area contributed by atoms with Gasteiger partial charge in [0.25, 0.3) is 0 Å². The van der Waals surface area contributed by atoms with Crippen molar-refractivity contribution in [1.82, 2.24) is 0 Å². The summed E-state index contributed by atoms with van der Waals surface area (Å²) in [7, 11) is 0. The highest BCUT2D eigenvalue weighted by Gasteiger charge is 2.06. The topological polar surface area (TPSA) is 46.5 Å². The largest absolute Gasteiger partial charge is 0.491 e. The maximum Gasteiger partial charge on any atom is 0.335 e. The summed E-state index contributed by atoms with van der Waals surface area (Å²) in [6.07, 6.45) is 0.101. The summed E-state index contributed by atoms with van der Waals surface area (Å²) in [6.45, 7) is 5.71. The lowest BCUT2D eigenvalue weighted by Crippen LogP contribution is -2.07. The second kappa shape index (κ2) is 5.61. The average molecular weight is 231 g/mol. The van der Waals surface area contributed by atoms with E-state index in [9.17, 15) is 4.79 Å². The summed E-state index contributed by atoms with van der Waals surface area (Å²) in [4.78, 5) is 10.6. The van der Waals surface area contributed by atoms with Crippen molar-refractivity contribution in [2.24, 2.45) is 0 Å². The fourth-order valence-corrected chi connectivity index (χ4v) is 1.17. The lowest BCUT2D eigenvalue weighted by Gasteiger charge is -2.12. The molecule has 15 heavy (non-hydrogen) atoms. The molecule has 1 rings (SSSR count). The van der Waals surface area contributed by atoms with Crippen molar-refractivity contribution in [3.63, 3.8) is 0 Å². The van der Waals surface area contributed by atoms with Crippen molar-refractivity contribution in [2.45, 2.75) is 26.9 Å². The number of hydrogen-bond acceptors (Lipinski definition) is 2. The number of rotatable bonds is 3. The van der Waals surface area contributed by atoms with E-state index in [0.717, 1.165) is 11.3 Å². The fourth-order valence-electron chi connectivity index (χ4n) is 1.17. The molecular formula is C11H15ClO3. The first-order chi connectivity index (χ1) is 6.50. The van der Waals surface area contributed by atoms with Crippen LogP contribution >= 0.6 is 12.4 Å². The number of ether oxygens (including phenoxy) is 1. The van der Waals surface area contributed by atoms with E-state index in [1.54, 1.807) is 18.2 Å². The Bertz CT molecular complexity index is 348. The second-order valence-corrected chi connectivity index (χ2v) is 3.45. The summed E-state index contributed by atoms with van der Waals surface area (Å²) >= 11 is 0. The third kappa shape index (κ3) is 3.80. The Hall–Kier alpha value is -1.22. The molecule has 0 aliphatic heterocycles. The van der Waals surface area contributed by atoms with Crippen molar-refractivity contribution < 1.29 is 14.6 Å². The number of carbonyl (C=O) groups is 1. The van der Waals surface area contributed by atoms with Gasteiger partial charge in [0.05, 0.1) is 11.7 Å². The van der Waals surface area contributed by atoms with Gasteiger partial charge in [0, 0.05) is 0 Å². The number of aromatic carboxylic acids is 1. The van der Waals surface area contributed by atoms with Crippen LogP contribution in [0.1, 0.15) is 29.8 Å². The quantitative estimate of drug-likeness (QED) is 0.869. The van der Waals surface area contributed by atoms with E-state index in [1.807, 2.05) is 20.8 Å². The van der Waals surface area contributed by atoms with Gasteiger partial charge in [0.1, 0.15) is 5.75 Å². The third-order valence-electron chi connectivity index (χ3n) is 1.78. The van der Waals surface area contributed by atoms with E-state index in [4.69, 9.17) is 9.84 Å². The van der Waals surface area contributed by atoms with E-state index in [1.165, 1.54) is 0 Å². The van der Waals surface area contributed by atoms with E-state index in [2.05, 4.69) is 0 Å². The number of halogens is 1. The number of benzene rings is 1. The highest BCUT2D eigenvalue weighted by atomic mass is 35.5. The van der Waals surface area contributed by atoms with Crippen LogP contribution in [0.4, 0.5) is 0 Å². The van der Waals surface area contributed by atoms with Gasteiger partial charge in [0.2, 0.25) is 0 Å². The molecule has 0 atom stereocenters. The Kier molecular flexibility index (Phi) is 5.15. The number of aryl methyl sites for hydroxylation is 1. The Morgan fingerprint density at radius 2 is 2.00 bits per heavy atom. The van der Waals surface area contributed by atoms with E-state index in [0.29, 0.717) is 5.56 Å². The van der Waals surface area contributed by atoms with Gasteiger partial charge < -0.3 is 9.84 Å². The molecule has 0 aliphatic carbocycles. The average Bonchev–Trinajstić information content (AvgIpc) is 2.07. The molecule has 0 heterocycles. The van der Waals surface area contributed by atoms with E-state index >= 15 is 0 Å². The van der Waals surface area contributed by atoms with Crippen LogP contribution in [0.3, 0.4) is 0 Å². The molecule has 0 unspecified atom stereocenters. The minimum Gasteiger partial charge on any atom is -0.491 e. The summed E-state index contributed by atoms with van der Waals surface area (Å²) in [5, 5.41) is 8.74. The number of carboxylic acid groups (broad SMARTS) is 1. The van der Waals surface area contributed by atoms with Crippen molar-refractivity contribution >= 4 is 18.4 Å². The fraction of sp³-hybridized carbons (Fsp3) is 0.364. The standard InChI is InChI=1S/C11H14O3.ClH/c1-7(2)14-10-5-4-9(11(12)13)6-8(10)3;/h4-7H,1-3H3,(H,12,13);1H. The van der Waals surface area contributed by atoms with Gasteiger partial charge in [-0.3, -0.25) is 0 Å². The van der Waals surface area contributed by atoms with Gasteiger partial charge >= 0.3 is 5.97 Å². The van der Waals surface area contributed by atoms with Crippen LogP contribution in [0.25, 0.3) is 0 Å². The predicted octanol–water partition coefficient (Wildman–Crippen LogP) is 2.90. The van der Waals surface area contributed by atoms with Gasteiger partial charge in [-0.1, -0.05) is 0 Å². The highest BCUT2D eigenvalue weighted by molar-refractivity contribution is 5.88. The van der Waals surface area contributed by atoms with Gasteiger partial charge in [-0.15, -0.1) is 12.4 Å². The predicted molar refractivity (Wildman–Crippen MR) is 61.2 cm³/mol. The summed E-state index contributed by atoms with van der Waals surface area (Å²) < 4.78 is 5.49. The van der Waals surface area contributed by atoms with Crippen LogP contribution in [0, 0.1) is 6.92 Å². The molecule has 0 saturated carbocycles. The Balaban J connectivity index is 0.00000196. The molecule has 4 heteroatoms. The van der Waals surface area contributed by atoms with E-state index in [-0.39, 0.29) is 18.5 Å². The molecular weight excluding hydrogens is 216 g/mol. The van der Waals surface area contributed by atoms with Crippen LogP contribution < -0.4 is 4.74 Å². The smallest absolute Gasteiger partial charge is 0.335 e. The first kappa shape index (κ1) is 13.8.